The van der Waals surface area contributed by atoms with E-state index in [1.807, 2.05) is 0 Å². The number of hydrogen-bond acceptors (Lipinski definition) is 2. The number of aliphatic imine (C=N–C) groups is 1. The zero-order valence-corrected chi connectivity index (χ0v) is 14.3. The number of carbonyl (C=O) groups is 1. The van der Waals surface area contributed by atoms with Crippen molar-refractivity contribution >= 4 is 34.8 Å². The summed E-state index contributed by atoms with van der Waals surface area (Å²) in [6.45, 7) is 0. The maximum Gasteiger partial charge on any atom is 0.280 e. The van der Waals surface area contributed by atoms with Crippen molar-refractivity contribution in [3.05, 3.63) is 74.8 Å². The zero-order chi connectivity index (χ0) is 18.6. The molecule has 0 saturated heterocycles. The number of amides is 1. The van der Waals surface area contributed by atoms with Crippen LogP contribution in [0.3, 0.4) is 0 Å². The second kappa shape index (κ2) is 5.93. The zero-order valence-electron chi connectivity index (χ0n) is 12.8. The van der Waals surface area contributed by atoms with Crippen molar-refractivity contribution < 1.29 is 18.7 Å². The number of rotatable bonds is 2. The van der Waals surface area contributed by atoms with E-state index in [-0.39, 0.29) is 43.7 Å². The van der Waals surface area contributed by atoms with Crippen molar-refractivity contribution in [2.24, 2.45) is 4.99 Å². The fourth-order valence-electron chi connectivity index (χ4n) is 2.97. The number of nitrogens with one attached hydrogen (secondary N) is 1. The number of carbonyl (C=O) groups excluding carboxylic acids is 1. The third-order valence-corrected chi connectivity index (χ3v) is 4.69. The van der Waals surface area contributed by atoms with Crippen LogP contribution < -0.4 is 0 Å². The van der Waals surface area contributed by atoms with Gasteiger partial charge in [-0.15, -0.1) is 0 Å². The number of aromatic amines is 1. The minimum Gasteiger partial charge on any atom is -0.494 e. The van der Waals surface area contributed by atoms with Crippen LogP contribution in [0, 0.1) is 11.6 Å². The average molecular weight is 393 g/mol. The monoisotopic (exact) mass is 392 g/mol. The molecule has 1 aliphatic heterocycles. The molecule has 0 radical (unpaired) electrons. The van der Waals surface area contributed by atoms with Crippen molar-refractivity contribution in [1.82, 2.24) is 4.98 Å². The van der Waals surface area contributed by atoms with Gasteiger partial charge < -0.3 is 10.1 Å². The van der Waals surface area contributed by atoms with Gasteiger partial charge in [0.15, 0.2) is 5.88 Å². The number of fused-ring (bicyclic) bond motifs is 1. The van der Waals surface area contributed by atoms with Gasteiger partial charge in [0.05, 0.1) is 43.7 Å². The SMILES string of the molecule is O=C1N=C(c2c(F)cccc2Cl)c2c(O)[nH]c(-c3c(F)cccc3Cl)c21. The highest BCUT2D eigenvalue weighted by atomic mass is 35.5. The summed E-state index contributed by atoms with van der Waals surface area (Å²) in [5.74, 6) is -2.62. The van der Waals surface area contributed by atoms with Crippen LogP contribution in [0.25, 0.3) is 11.3 Å². The summed E-state index contributed by atoms with van der Waals surface area (Å²) in [7, 11) is 0. The average Bonchev–Trinajstić information content (AvgIpc) is 3.07. The highest BCUT2D eigenvalue weighted by Crippen LogP contribution is 2.42. The van der Waals surface area contributed by atoms with Crippen molar-refractivity contribution in [1.29, 1.82) is 0 Å². The lowest BCUT2D eigenvalue weighted by atomic mass is 9.99. The fraction of sp³-hybridized carbons (Fsp3) is 0. The Morgan fingerprint density at radius 1 is 0.885 bits per heavy atom. The third-order valence-electron chi connectivity index (χ3n) is 4.06. The molecule has 1 amide bonds. The van der Waals surface area contributed by atoms with Gasteiger partial charge in [0.1, 0.15) is 11.6 Å². The molecule has 4 nitrogen and oxygen atoms in total. The number of benzene rings is 2. The Labute approximate surface area is 155 Å². The van der Waals surface area contributed by atoms with E-state index in [1.54, 1.807) is 0 Å². The number of aromatic nitrogens is 1. The van der Waals surface area contributed by atoms with Crippen molar-refractivity contribution in [2.45, 2.75) is 0 Å². The lowest BCUT2D eigenvalue weighted by Gasteiger charge is -2.05. The Morgan fingerprint density at radius 3 is 2.04 bits per heavy atom. The van der Waals surface area contributed by atoms with Crippen LogP contribution in [0.4, 0.5) is 8.78 Å². The normalized spacial score (nSPS) is 13.1. The van der Waals surface area contributed by atoms with Gasteiger partial charge in [-0.25, -0.2) is 13.8 Å². The molecule has 2 heterocycles. The lowest BCUT2D eigenvalue weighted by Crippen LogP contribution is -2.04. The third kappa shape index (κ3) is 2.34. The summed E-state index contributed by atoms with van der Waals surface area (Å²) >= 11 is 12.1. The standard InChI is InChI=1S/C18H8Cl2F2N2O2/c19-7-3-1-5-9(21)11(7)15-13-14(18(26)23-15)16(24-17(13)25)12-8(20)4-2-6-10(12)22/h1-6,23,26H. The fourth-order valence-corrected chi connectivity index (χ4v) is 3.48. The van der Waals surface area contributed by atoms with Crippen molar-refractivity contribution in [3.63, 3.8) is 0 Å². The quantitative estimate of drug-likeness (QED) is 0.646. The smallest absolute Gasteiger partial charge is 0.280 e. The van der Waals surface area contributed by atoms with E-state index in [9.17, 15) is 18.7 Å². The van der Waals surface area contributed by atoms with Crippen LogP contribution in [0.5, 0.6) is 5.88 Å². The van der Waals surface area contributed by atoms with Crippen molar-refractivity contribution in [3.8, 4) is 17.1 Å². The molecule has 1 aliphatic rings. The summed E-state index contributed by atoms with van der Waals surface area (Å²) in [6.07, 6.45) is 0. The predicted octanol–water partition coefficient (Wildman–Crippen LogP) is 4.96. The minimum absolute atomic E-state index is 0.0236. The number of nitrogens with zero attached hydrogens (tertiary/aromatic N) is 1. The summed E-state index contributed by atoms with van der Waals surface area (Å²) in [5.41, 5.74) is -0.505. The molecule has 130 valence electrons. The molecule has 2 N–H and O–H groups in total. The van der Waals surface area contributed by atoms with Crippen molar-refractivity contribution in [2.75, 3.05) is 0 Å². The summed E-state index contributed by atoms with van der Waals surface area (Å²) in [6, 6.07) is 8.02. The molecule has 0 unspecified atom stereocenters. The molecule has 1 aromatic heterocycles. The van der Waals surface area contributed by atoms with Gasteiger partial charge in [0, 0.05) is 0 Å². The highest BCUT2D eigenvalue weighted by Gasteiger charge is 2.36. The molecular weight excluding hydrogens is 385 g/mol. The molecule has 0 atom stereocenters. The topological polar surface area (TPSA) is 65.4 Å². The molecule has 26 heavy (non-hydrogen) atoms. The van der Waals surface area contributed by atoms with Gasteiger partial charge in [0.25, 0.3) is 5.91 Å². The van der Waals surface area contributed by atoms with Gasteiger partial charge in [-0.2, -0.15) is 0 Å². The van der Waals surface area contributed by atoms with E-state index in [4.69, 9.17) is 23.2 Å². The molecule has 3 aromatic rings. The second-order valence-corrected chi connectivity index (χ2v) is 6.37. The van der Waals surface area contributed by atoms with Crippen LogP contribution in [0.15, 0.2) is 41.4 Å². The van der Waals surface area contributed by atoms with Crippen LogP contribution in [0.2, 0.25) is 10.0 Å². The molecule has 0 saturated carbocycles. The predicted molar refractivity (Wildman–Crippen MR) is 94.2 cm³/mol. The van der Waals surface area contributed by atoms with E-state index in [0.717, 1.165) is 6.07 Å². The minimum atomic E-state index is -0.764. The maximum atomic E-state index is 14.3. The van der Waals surface area contributed by atoms with Crippen LogP contribution in [-0.4, -0.2) is 21.7 Å². The first-order valence-corrected chi connectivity index (χ1v) is 8.12. The number of aromatic hydroxyl groups is 1. The molecule has 0 aliphatic carbocycles. The molecule has 2 aromatic carbocycles. The highest BCUT2D eigenvalue weighted by molar-refractivity contribution is 6.39. The van der Waals surface area contributed by atoms with Gasteiger partial charge in [-0.3, -0.25) is 4.79 Å². The van der Waals surface area contributed by atoms with E-state index in [1.165, 1.54) is 30.3 Å². The molecule has 8 heteroatoms. The van der Waals surface area contributed by atoms with Crippen LogP contribution in [0.1, 0.15) is 21.5 Å². The Hall–Kier alpha value is -2.70. The Bertz CT molecular complexity index is 1080. The number of hydrogen-bond donors (Lipinski definition) is 2. The first-order valence-electron chi connectivity index (χ1n) is 7.37. The van der Waals surface area contributed by atoms with Gasteiger partial charge >= 0.3 is 0 Å². The summed E-state index contributed by atoms with van der Waals surface area (Å²) in [4.78, 5) is 18.8. The molecule has 0 fully saturated rings. The van der Waals surface area contributed by atoms with Crippen LogP contribution in [-0.2, 0) is 0 Å². The Balaban J connectivity index is 1.99. The van der Waals surface area contributed by atoms with E-state index in [0.29, 0.717) is 0 Å². The van der Waals surface area contributed by atoms with Gasteiger partial charge in [0.2, 0.25) is 0 Å². The largest absolute Gasteiger partial charge is 0.494 e. The number of halogens is 4. The van der Waals surface area contributed by atoms with E-state index in [2.05, 4.69) is 9.98 Å². The number of H-pyrrole nitrogens is 1. The molecule has 0 spiro atoms. The van der Waals surface area contributed by atoms with Gasteiger partial charge in [-0.1, -0.05) is 35.3 Å². The maximum absolute atomic E-state index is 14.3. The Kier molecular flexibility index (Phi) is 3.82. The molecular formula is C18H8Cl2F2N2O2. The summed E-state index contributed by atoms with van der Waals surface area (Å²) in [5, 5.41) is 10.4. The van der Waals surface area contributed by atoms with E-state index >= 15 is 0 Å². The summed E-state index contributed by atoms with van der Waals surface area (Å²) < 4.78 is 28.5. The first kappa shape index (κ1) is 16.8. The first-order chi connectivity index (χ1) is 12.4. The van der Waals surface area contributed by atoms with E-state index < -0.39 is 23.4 Å². The second-order valence-electron chi connectivity index (χ2n) is 5.56. The van der Waals surface area contributed by atoms with Crippen LogP contribution >= 0.6 is 23.2 Å². The van der Waals surface area contributed by atoms with Gasteiger partial charge in [-0.05, 0) is 24.3 Å². The lowest BCUT2D eigenvalue weighted by molar-refractivity contribution is 0.101. The molecule has 4 rings (SSSR count). The Morgan fingerprint density at radius 2 is 1.46 bits per heavy atom. The molecule has 0 bridgehead atoms.